The maximum absolute atomic E-state index is 11.7. The average Bonchev–Trinajstić information content (AvgIpc) is 3.02. The highest BCUT2D eigenvalue weighted by molar-refractivity contribution is 5.64. The van der Waals surface area contributed by atoms with Gasteiger partial charge in [0.05, 0.1) is 11.6 Å². The average molecular weight is 236 g/mol. The van der Waals surface area contributed by atoms with Gasteiger partial charge in [0.25, 0.3) is 0 Å². The van der Waals surface area contributed by atoms with Gasteiger partial charge in [-0.3, -0.25) is 0 Å². The second-order valence-electron chi connectivity index (χ2n) is 3.92. The summed E-state index contributed by atoms with van der Waals surface area (Å²) in [6.07, 6.45) is 9.37. The highest BCUT2D eigenvalue weighted by Crippen LogP contribution is 2.26. The van der Waals surface area contributed by atoms with Crippen molar-refractivity contribution in [3.05, 3.63) is 65.9 Å². The monoisotopic (exact) mass is 236 g/mol. The number of nitrogens with zero attached hydrogens (tertiary/aromatic N) is 1. The molecular formula is C15H10NO2-. The van der Waals surface area contributed by atoms with E-state index in [2.05, 4.69) is 4.98 Å². The maximum Gasteiger partial charge on any atom is 0.112 e. The second kappa shape index (κ2) is 4.37. The number of rotatable bonds is 2. The van der Waals surface area contributed by atoms with Gasteiger partial charge in [-0.25, -0.2) is 4.98 Å². The first-order valence-corrected chi connectivity index (χ1v) is 5.62. The van der Waals surface area contributed by atoms with Crippen LogP contribution in [0.4, 0.5) is 0 Å². The van der Waals surface area contributed by atoms with Crippen LogP contribution in [-0.2, 0) is 0 Å². The Bertz CT molecular complexity index is 634. The third kappa shape index (κ3) is 1.98. The minimum Gasteiger partial charge on any atom is -0.562 e. The summed E-state index contributed by atoms with van der Waals surface area (Å²) < 4.78 is 5.15. The van der Waals surface area contributed by atoms with Crippen LogP contribution < -0.4 is 5.11 Å². The SMILES string of the molecule is [O-]c1oc(-c2ccccc2)nc1C=C1C=CC=C1. The minimum absolute atomic E-state index is 0.333. The van der Waals surface area contributed by atoms with Crippen molar-refractivity contribution in [2.45, 2.75) is 0 Å². The van der Waals surface area contributed by atoms with Gasteiger partial charge in [-0.05, 0) is 11.6 Å². The summed E-state index contributed by atoms with van der Waals surface area (Å²) in [4.78, 5) is 4.22. The summed E-state index contributed by atoms with van der Waals surface area (Å²) in [5.41, 5.74) is 2.08. The van der Waals surface area contributed by atoms with Crippen molar-refractivity contribution >= 4 is 6.08 Å². The lowest BCUT2D eigenvalue weighted by Gasteiger charge is -1.98. The van der Waals surface area contributed by atoms with E-state index in [1.807, 2.05) is 54.6 Å². The fourth-order valence-corrected chi connectivity index (χ4v) is 1.76. The molecule has 1 aliphatic rings. The summed E-state index contributed by atoms with van der Waals surface area (Å²) in [7, 11) is 0. The maximum atomic E-state index is 11.7. The van der Waals surface area contributed by atoms with Crippen LogP contribution in [0.15, 0.2) is 64.6 Å². The van der Waals surface area contributed by atoms with Crippen LogP contribution in [0.5, 0.6) is 5.95 Å². The lowest BCUT2D eigenvalue weighted by atomic mass is 10.2. The van der Waals surface area contributed by atoms with E-state index < -0.39 is 5.95 Å². The summed E-state index contributed by atoms with van der Waals surface area (Å²) in [6.45, 7) is 0. The molecule has 0 saturated carbocycles. The lowest BCUT2D eigenvalue weighted by Crippen LogP contribution is -1.89. The molecule has 0 radical (unpaired) electrons. The van der Waals surface area contributed by atoms with Crippen molar-refractivity contribution in [2.24, 2.45) is 0 Å². The molecule has 3 nitrogen and oxygen atoms in total. The molecule has 88 valence electrons. The standard InChI is InChI=1S/C15H11NO2/c17-15-13(10-11-6-4-5-7-11)16-14(18-15)12-8-2-1-3-9-12/h1-10,17H/p-1. The Balaban J connectivity index is 1.99. The number of aromatic nitrogens is 1. The number of hydrogen-bond acceptors (Lipinski definition) is 3. The van der Waals surface area contributed by atoms with E-state index in [4.69, 9.17) is 4.42 Å². The van der Waals surface area contributed by atoms with Gasteiger partial charge < -0.3 is 9.52 Å². The normalized spacial score (nSPS) is 13.2. The van der Waals surface area contributed by atoms with Gasteiger partial charge in [0, 0.05) is 5.56 Å². The molecule has 0 unspecified atom stereocenters. The van der Waals surface area contributed by atoms with E-state index in [0.717, 1.165) is 11.1 Å². The molecule has 1 aromatic carbocycles. The number of allylic oxidation sites excluding steroid dienone is 5. The van der Waals surface area contributed by atoms with E-state index in [1.165, 1.54) is 0 Å². The molecule has 0 amide bonds. The van der Waals surface area contributed by atoms with E-state index in [9.17, 15) is 5.11 Å². The molecule has 0 aliphatic heterocycles. The van der Waals surface area contributed by atoms with E-state index in [1.54, 1.807) is 6.08 Å². The van der Waals surface area contributed by atoms with Gasteiger partial charge in [0.1, 0.15) is 5.89 Å². The van der Waals surface area contributed by atoms with Crippen LogP contribution in [0, 0.1) is 0 Å². The third-order valence-electron chi connectivity index (χ3n) is 2.63. The van der Waals surface area contributed by atoms with Crippen molar-refractivity contribution in [1.82, 2.24) is 4.98 Å². The first-order valence-electron chi connectivity index (χ1n) is 5.62. The van der Waals surface area contributed by atoms with Gasteiger partial charge in [0.2, 0.25) is 0 Å². The molecule has 1 aliphatic carbocycles. The zero-order valence-electron chi connectivity index (χ0n) is 9.54. The van der Waals surface area contributed by atoms with Gasteiger partial charge in [-0.15, -0.1) is 0 Å². The molecule has 18 heavy (non-hydrogen) atoms. The Morgan fingerprint density at radius 3 is 2.50 bits per heavy atom. The van der Waals surface area contributed by atoms with Crippen LogP contribution in [-0.4, -0.2) is 4.98 Å². The molecule has 1 heterocycles. The van der Waals surface area contributed by atoms with Crippen molar-refractivity contribution in [3.63, 3.8) is 0 Å². The fraction of sp³-hybridized carbons (Fsp3) is 0. The summed E-state index contributed by atoms with van der Waals surface area (Å²) in [6, 6.07) is 9.38. The molecule has 0 N–H and O–H groups in total. The van der Waals surface area contributed by atoms with Crippen LogP contribution in [0.25, 0.3) is 17.5 Å². The van der Waals surface area contributed by atoms with E-state index in [-0.39, 0.29) is 0 Å². The first-order chi connectivity index (χ1) is 8.83. The van der Waals surface area contributed by atoms with Gasteiger partial charge in [-0.2, -0.15) is 0 Å². The molecule has 3 rings (SSSR count). The number of oxazole rings is 1. The largest absolute Gasteiger partial charge is 0.562 e. The van der Waals surface area contributed by atoms with Crippen molar-refractivity contribution in [2.75, 3.05) is 0 Å². The van der Waals surface area contributed by atoms with Crippen LogP contribution >= 0.6 is 0 Å². The second-order valence-corrected chi connectivity index (χ2v) is 3.92. The molecular weight excluding hydrogens is 226 g/mol. The summed E-state index contributed by atoms with van der Waals surface area (Å²) in [5, 5.41) is 11.7. The molecule has 2 aromatic rings. The Labute approximate surface area is 104 Å². The molecule has 0 bridgehead atoms. The van der Waals surface area contributed by atoms with Crippen LogP contribution in [0.2, 0.25) is 0 Å². The molecule has 0 atom stereocenters. The van der Waals surface area contributed by atoms with Crippen molar-refractivity contribution < 1.29 is 9.52 Å². The molecule has 1 aromatic heterocycles. The Morgan fingerprint density at radius 1 is 1.06 bits per heavy atom. The fourth-order valence-electron chi connectivity index (χ4n) is 1.76. The Kier molecular flexibility index (Phi) is 2.57. The number of hydrogen-bond donors (Lipinski definition) is 0. The quantitative estimate of drug-likeness (QED) is 0.805. The molecule has 0 saturated heterocycles. The van der Waals surface area contributed by atoms with Crippen LogP contribution in [0.1, 0.15) is 5.69 Å². The van der Waals surface area contributed by atoms with Crippen LogP contribution in [0.3, 0.4) is 0 Å². The summed E-state index contributed by atoms with van der Waals surface area (Å²) in [5.74, 6) is -0.0477. The molecule has 0 fully saturated rings. The first kappa shape index (κ1) is 10.6. The lowest BCUT2D eigenvalue weighted by molar-refractivity contribution is -0.293. The third-order valence-corrected chi connectivity index (χ3v) is 2.63. The smallest absolute Gasteiger partial charge is 0.112 e. The van der Waals surface area contributed by atoms with E-state index in [0.29, 0.717) is 11.6 Å². The zero-order chi connectivity index (χ0) is 12.4. The zero-order valence-corrected chi connectivity index (χ0v) is 9.54. The van der Waals surface area contributed by atoms with E-state index >= 15 is 0 Å². The predicted octanol–water partition coefficient (Wildman–Crippen LogP) is 2.92. The minimum atomic E-state index is -0.407. The predicted molar refractivity (Wildman–Crippen MR) is 67.6 cm³/mol. The highest BCUT2D eigenvalue weighted by Gasteiger charge is 2.04. The van der Waals surface area contributed by atoms with Gasteiger partial charge >= 0.3 is 0 Å². The van der Waals surface area contributed by atoms with Gasteiger partial charge in [-0.1, -0.05) is 54.6 Å². The van der Waals surface area contributed by atoms with Crippen molar-refractivity contribution in [3.8, 4) is 17.4 Å². The number of benzene rings is 1. The topological polar surface area (TPSA) is 49.1 Å². The van der Waals surface area contributed by atoms with Crippen molar-refractivity contribution in [1.29, 1.82) is 0 Å². The Hall–Kier alpha value is -2.55. The molecule has 3 heteroatoms. The van der Waals surface area contributed by atoms with Gasteiger partial charge in [0.15, 0.2) is 0 Å². The molecule has 0 spiro atoms. The Morgan fingerprint density at radius 2 is 1.78 bits per heavy atom. The highest BCUT2D eigenvalue weighted by atomic mass is 16.5. The summed E-state index contributed by atoms with van der Waals surface area (Å²) >= 11 is 0.